The molecule has 1 aromatic heterocycles. The van der Waals surface area contributed by atoms with Crippen molar-refractivity contribution in [2.24, 2.45) is 0 Å². The average molecular weight is 416 g/mol. The lowest BCUT2D eigenvalue weighted by atomic mass is 10.2. The standard InChI is InChI=1S/C20H21N3O3S2/c1-2-25-12-13-26-17-11-7-6-10-16(17)18(24)21-19-22-23-20(28-19)27-14-15-8-4-3-5-9-15/h3-11H,2,12-14H2,1H3,(H,21,22,24). The molecule has 1 amide bonds. The van der Waals surface area contributed by atoms with E-state index in [0.29, 0.717) is 36.3 Å². The second kappa shape index (κ2) is 10.8. The van der Waals surface area contributed by atoms with Crippen LogP contribution in [0.5, 0.6) is 5.75 Å². The Balaban J connectivity index is 1.57. The zero-order valence-electron chi connectivity index (χ0n) is 15.5. The van der Waals surface area contributed by atoms with Crippen LogP contribution in [0.2, 0.25) is 0 Å². The summed E-state index contributed by atoms with van der Waals surface area (Å²) >= 11 is 2.94. The molecule has 28 heavy (non-hydrogen) atoms. The largest absolute Gasteiger partial charge is 0.490 e. The van der Waals surface area contributed by atoms with Gasteiger partial charge >= 0.3 is 0 Å². The summed E-state index contributed by atoms with van der Waals surface area (Å²) in [7, 11) is 0. The van der Waals surface area contributed by atoms with Gasteiger partial charge in [-0.25, -0.2) is 0 Å². The average Bonchev–Trinajstić information content (AvgIpc) is 3.18. The molecule has 2 aromatic carbocycles. The van der Waals surface area contributed by atoms with Crippen LogP contribution in [0.4, 0.5) is 5.13 Å². The van der Waals surface area contributed by atoms with Crippen LogP contribution in [0.3, 0.4) is 0 Å². The van der Waals surface area contributed by atoms with E-state index in [1.54, 1.807) is 30.0 Å². The van der Waals surface area contributed by atoms with Crippen molar-refractivity contribution in [2.75, 3.05) is 25.1 Å². The van der Waals surface area contributed by atoms with Crippen molar-refractivity contribution in [1.29, 1.82) is 0 Å². The third-order valence-corrected chi connectivity index (χ3v) is 5.70. The maximum absolute atomic E-state index is 12.6. The summed E-state index contributed by atoms with van der Waals surface area (Å²) in [6.45, 7) is 3.42. The number of thioether (sulfide) groups is 1. The number of carbonyl (C=O) groups excluding carboxylic acids is 1. The molecular formula is C20H21N3O3S2. The van der Waals surface area contributed by atoms with Gasteiger partial charge < -0.3 is 9.47 Å². The van der Waals surface area contributed by atoms with E-state index in [0.717, 1.165) is 10.1 Å². The first-order chi connectivity index (χ1) is 13.8. The first kappa shape index (κ1) is 20.3. The predicted octanol–water partition coefficient (Wildman–Crippen LogP) is 4.50. The van der Waals surface area contributed by atoms with Gasteiger partial charge in [0, 0.05) is 12.4 Å². The van der Waals surface area contributed by atoms with E-state index in [2.05, 4.69) is 27.6 Å². The van der Waals surface area contributed by atoms with Crippen LogP contribution < -0.4 is 10.1 Å². The topological polar surface area (TPSA) is 73.3 Å². The Labute approximate surface area is 172 Å². The fourth-order valence-corrected chi connectivity index (χ4v) is 4.04. The number of nitrogens with one attached hydrogen (secondary N) is 1. The quantitative estimate of drug-likeness (QED) is 0.299. The molecule has 8 heteroatoms. The van der Waals surface area contributed by atoms with Crippen molar-refractivity contribution >= 4 is 34.1 Å². The molecule has 0 aliphatic rings. The number of rotatable bonds is 10. The molecular weight excluding hydrogens is 394 g/mol. The van der Waals surface area contributed by atoms with Crippen LogP contribution in [0.15, 0.2) is 58.9 Å². The number of aromatic nitrogens is 2. The van der Waals surface area contributed by atoms with Gasteiger partial charge in [-0.1, -0.05) is 65.6 Å². The molecule has 1 heterocycles. The Morgan fingerprint density at radius 2 is 1.86 bits per heavy atom. The SMILES string of the molecule is CCOCCOc1ccccc1C(=O)Nc1nnc(SCc2ccccc2)s1. The van der Waals surface area contributed by atoms with Crippen LogP contribution in [0.25, 0.3) is 0 Å². The van der Waals surface area contributed by atoms with E-state index in [4.69, 9.17) is 9.47 Å². The van der Waals surface area contributed by atoms with E-state index in [1.165, 1.54) is 16.9 Å². The number of carbonyl (C=O) groups is 1. The highest BCUT2D eigenvalue weighted by atomic mass is 32.2. The van der Waals surface area contributed by atoms with Gasteiger partial charge in [0.05, 0.1) is 12.2 Å². The van der Waals surface area contributed by atoms with Crippen molar-refractivity contribution in [2.45, 2.75) is 17.0 Å². The first-order valence-corrected chi connectivity index (χ1v) is 10.7. The summed E-state index contributed by atoms with van der Waals surface area (Å²) in [5, 5.41) is 11.5. The molecule has 0 saturated heterocycles. The monoisotopic (exact) mass is 415 g/mol. The Morgan fingerprint density at radius 1 is 1.07 bits per heavy atom. The molecule has 6 nitrogen and oxygen atoms in total. The summed E-state index contributed by atoms with van der Waals surface area (Å²) in [4.78, 5) is 12.6. The van der Waals surface area contributed by atoms with E-state index in [1.807, 2.05) is 31.2 Å². The number of benzene rings is 2. The van der Waals surface area contributed by atoms with Crippen LogP contribution >= 0.6 is 23.1 Å². The maximum atomic E-state index is 12.6. The molecule has 0 saturated carbocycles. The van der Waals surface area contributed by atoms with Crippen molar-refractivity contribution in [3.05, 3.63) is 65.7 Å². The van der Waals surface area contributed by atoms with Gasteiger partial charge in [-0.05, 0) is 24.6 Å². The zero-order chi connectivity index (χ0) is 19.6. The molecule has 0 fully saturated rings. The predicted molar refractivity (Wildman–Crippen MR) is 112 cm³/mol. The Bertz CT molecular complexity index is 887. The van der Waals surface area contributed by atoms with Gasteiger partial charge in [-0.3, -0.25) is 10.1 Å². The molecule has 0 radical (unpaired) electrons. The minimum Gasteiger partial charge on any atom is -0.490 e. The molecule has 0 aliphatic carbocycles. The van der Waals surface area contributed by atoms with Crippen LogP contribution in [0.1, 0.15) is 22.8 Å². The smallest absolute Gasteiger partial charge is 0.261 e. The molecule has 0 atom stereocenters. The molecule has 146 valence electrons. The lowest BCUT2D eigenvalue weighted by Crippen LogP contribution is -2.15. The van der Waals surface area contributed by atoms with Gasteiger partial charge in [0.1, 0.15) is 12.4 Å². The second-order valence-electron chi connectivity index (χ2n) is 5.64. The molecule has 0 unspecified atom stereocenters. The highest BCUT2D eigenvalue weighted by molar-refractivity contribution is 8.00. The van der Waals surface area contributed by atoms with Crippen molar-refractivity contribution in [3.8, 4) is 5.75 Å². The Kier molecular flexibility index (Phi) is 7.83. The molecule has 1 N–H and O–H groups in total. The fourth-order valence-electron chi connectivity index (χ4n) is 2.34. The van der Waals surface area contributed by atoms with Crippen LogP contribution in [-0.2, 0) is 10.5 Å². The van der Waals surface area contributed by atoms with Crippen molar-refractivity contribution in [3.63, 3.8) is 0 Å². The summed E-state index contributed by atoms with van der Waals surface area (Å²) < 4.78 is 11.7. The summed E-state index contributed by atoms with van der Waals surface area (Å²) in [5.41, 5.74) is 1.67. The van der Waals surface area contributed by atoms with Gasteiger partial charge in [-0.2, -0.15) is 0 Å². The number of ether oxygens (including phenoxy) is 2. The third-order valence-electron chi connectivity index (χ3n) is 3.65. The minimum atomic E-state index is -0.275. The van der Waals surface area contributed by atoms with E-state index in [-0.39, 0.29) is 5.91 Å². The van der Waals surface area contributed by atoms with Crippen molar-refractivity contribution in [1.82, 2.24) is 10.2 Å². The zero-order valence-corrected chi connectivity index (χ0v) is 17.1. The normalized spacial score (nSPS) is 10.6. The van der Waals surface area contributed by atoms with Gasteiger partial charge in [0.25, 0.3) is 5.91 Å². The summed E-state index contributed by atoms with van der Waals surface area (Å²) in [6.07, 6.45) is 0. The Morgan fingerprint density at radius 3 is 2.68 bits per heavy atom. The number of hydrogen-bond donors (Lipinski definition) is 1. The second-order valence-corrected chi connectivity index (χ2v) is 7.84. The fraction of sp³-hybridized carbons (Fsp3) is 0.250. The lowest BCUT2D eigenvalue weighted by Gasteiger charge is -2.10. The summed E-state index contributed by atoms with van der Waals surface area (Å²) in [5.74, 6) is 1.05. The van der Waals surface area contributed by atoms with Crippen LogP contribution in [-0.4, -0.2) is 35.9 Å². The van der Waals surface area contributed by atoms with Gasteiger partial charge in [0.15, 0.2) is 4.34 Å². The molecule has 3 rings (SSSR count). The molecule has 3 aromatic rings. The van der Waals surface area contributed by atoms with E-state index in [9.17, 15) is 4.79 Å². The number of anilines is 1. The van der Waals surface area contributed by atoms with Gasteiger partial charge in [-0.15, -0.1) is 10.2 Å². The van der Waals surface area contributed by atoms with Crippen LogP contribution in [0, 0.1) is 0 Å². The molecule has 0 aliphatic heterocycles. The maximum Gasteiger partial charge on any atom is 0.261 e. The number of hydrogen-bond acceptors (Lipinski definition) is 7. The number of nitrogens with zero attached hydrogens (tertiary/aromatic N) is 2. The van der Waals surface area contributed by atoms with E-state index >= 15 is 0 Å². The van der Waals surface area contributed by atoms with Crippen molar-refractivity contribution < 1.29 is 14.3 Å². The molecule has 0 bridgehead atoms. The number of amides is 1. The number of para-hydroxylation sites is 1. The Hall–Kier alpha value is -2.42. The summed E-state index contributed by atoms with van der Waals surface area (Å²) in [6, 6.07) is 17.3. The lowest BCUT2D eigenvalue weighted by molar-refractivity contribution is 0.0998. The molecule has 0 spiro atoms. The van der Waals surface area contributed by atoms with Gasteiger partial charge in [0.2, 0.25) is 5.13 Å². The highest BCUT2D eigenvalue weighted by Crippen LogP contribution is 2.29. The van der Waals surface area contributed by atoms with E-state index < -0.39 is 0 Å². The minimum absolute atomic E-state index is 0.275. The first-order valence-electron chi connectivity index (χ1n) is 8.87. The highest BCUT2D eigenvalue weighted by Gasteiger charge is 2.15. The third kappa shape index (κ3) is 6.05.